The van der Waals surface area contributed by atoms with Crippen LogP contribution >= 0.6 is 11.6 Å². The van der Waals surface area contributed by atoms with E-state index in [1.165, 1.54) is 44.5 Å². The van der Waals surface area contributed by atoms with Crippen LogP contribution in [0, 0.1) is 0 Å². The van der Waals surface area contributed by atoms with Gasteiger partial charge in [-0.25, -0.2) is 8.42 Å². The number of hydrogen-bond donors (Lipinski definition) is 1. The summed E-state index contributed by atoms with van der Waals surface area (Å²) in [6.07, 6.45) is 3.28. The fourth-order valence-electron chi connectivity index (χ4n) is 2.71. The van der Waals surface area contributed by atoms with E-state index in [4.69, 9.17) is 16.3 Å². The third kappa shape index (κ3) is 4.72. The number of carbonyl (C=O) groups excluding carboxylic acids is 1. The van der Waals surface area contributed by atoms with E-state index >= 15 is 0 Å². The van der Waals surface area contributed by atoms with Gasteiger partial charge in [0.1, 0.15) is 5.75 Å². The summed E-state index contributed by atoms with van der Waals surface area (Å²) in [5.74, 6) is 0.200. The molecule has 0 aliphatic rings. The number of benzene rings is 2. The Hall–Kier alpha value is -3.10. The van der Waals surface area contributed by atoms with Crippen LogP contribution < -0.4 is 14.4 Å². The second-order valence-corrected chi connectivity index (χ2v) is 8.73. The third-order valence-electron chi connectivity index (χ3n) is 4.48. The minimum Gasteiger partial charge on any atom is -0.497 e. The molecule has 1 heterocycles. The van der Waals surface area contributed by atoms with Crippen LogP contribution in [0.3, 0.4) is 0 Å². The summed E-state index contributed by atoms with van der Waals surface area (Å²) in [7, 11) is -0.869. The maximum Gasteiger partial charge on any atom is 0.264 e. The van der Waals surface area contributed by atoms with Crippen molar-refractivity contribution in [1.29, 1.82) is 0 Å². The van der Waals surface area contributed by atoms with E-state index in [0.29, 0.717) is 18.0 Å². The van der Waals surface area contributed by atoms with Crippen LogP contribution in [0.2, 0.25) is 5.02 Å². The molecule has 0 saturated carbocycles. The predicted octanol–water partition coefficient (Wildman–Crippen LogP) is 3.50. The van der Waals surface area contributed by atoms with Gasteiger partial charge in [-0.2, -0.15) is 0 Å². The molecular weight excluding hydrogens is 426 g/mol. The molecule has 1 amide bonds. The molecule has 9 heteroatoms. The molecule has 0 radical (unpaired) electrons. The molecular formula is C21H20ClN3O4S. The van der Waals surface area contributed by atoms with Crippen molar-refractivity contribution < 1.29 is 17.9 Å². The molecule has 1 N–H and O–H groups in total. The van der Waals surface area contributed by atoms with Crippen LogP contribution in [0.15, 0.2) is 71.9 Å². The first-order chi connectivity index (χ1) is 14.3. The summed E-state index contributed by atoms with van der Waals surface area (Å²) in [5, 5.41) is 2.93. The Balaban J connectivity index is 1.77. The second kappa shape index (κ2) is 9.15. The second-order valence-electron chi connectivity index (χ2n) is 6.35. The first-order valence-electron chi connectivity index (χ1n) is 8.92. The molecule has 2 aromatic carbocycles. The molecule has 0 fully saturated rings. The number of halogens is 1. The average Bonchev–Trinajstić information content (AvgIpc) is 2.77. The van der Waals surface area contributed by atoms with Crippen molar-refractivity contribution in [2.24, 2.45) is 0 Å². The topological polar surface area (TPSA) is 88.6 Å². The van der Waals surface area contributed by atoms with E-state index in [1.54, 1.807) is 36.7 Å². The highest BCUT2D eigenvalue weighted by Gasteiger charge is 2.22. The number of nitrogens with zero attached hydrogens (tertiary/aromatic N) is 2. The van der Waals surface area contributed by atoms with Gasteiger partial charge < -0.3 is 10.1 Å². The molecule has 1 aromatic heterocycles. The first kappa shape index (κ1) is 21.6. The van der Waals surface area contributed by atoms with Crippen molar-refractivity contribution in [2.45, 2.75) is 11.4 Å². The number of sulfonamides is 1. The Labute approximate surface area is 180 Å². The minimum absolute atomic E-state index is 0.112. The van der Waals surface area contributed by atoms with Crippen LogP contribution in [0.1, 0.15) is 15.9 Å². The van der Waals surface area contributed by atoms with E-state index in [9.17, 15) is 13.2 Å². The summed E-state index contributed by atoms with van der Waals surface area (Å²) in [6, 6.07) is 14.2. The fourth-order valence-corrected chi connectivity index (χ4v) is 4.15. The van der Waals surface area contributed by atoms with E-state index in [0.717, 1.165) is 9.87 Å². The number of methoxy groups -OCH3 is 1. The smallest absolute Gasteiger partial charge is 0.264 e. The van der Waals surface area contributed by atoms with Gasteiger partial charge in [0.05, 0.1) is 28.3 Å². The number of carbonyl (C=O) groups is 1. The van der Waals surface area contributed by atoms with Crippen LogP contribution in [-0.4, -0.2) is 33.5 Å². The molecule has 0 atom stereocenters. The molecule has 0 aliphatic heterocycles. The average molecular weight is 446 g/mol. The predicted molar refractivity (Wildman–Crippen MR) is 115 cm³/mol. The lowest BCUT2D eigenvalue weighted by atomic mass is 10.2. The normalized spacial score (nSPS) is 11.0. The monoisotopic (exact) mass is 445 g/mol. The highest BCUT2D eigenvalue weighted by Crippen LogP contribution is 2.28. The van der Waals surface area contributed by atoms with E-state index in [-0.39, 0.29) is 21.4 Å². The molecule has 0 aliphatic carbocycles. The number of rotatable bonds is 7. The number of hydrogen-bond acceptors (Lipinski definition) is 5. The summed E-state index contributed by atoms with van der Waals surface area (Å²) in [4.78, 5) is 16.5. The number of anilines is 1. The van der Waals surface area contributed by atoms with Gasteiger partial charge in [0, 0.05) is 26.0 Å². The number of pyridine rings is 1. The molecule has 0 saturated heterocycles. The summed E-state index contributed by atoms with van der Waals surface area (Å²) in [5.41, 5.74) is 1.49. The molecule has 3 rings (SSSR count). The van der Waals surface area contributed by atoms with Crippen LogP contribution in [0.25, 0.3) is 0 Å². The van der Waals surface area contributed by atoms with Crippen molar-refractivity contribution in [3.8, 4) is 5.75 Å². The van der Waals surface area contributed by atoms with Gasteiger partial charge in [-0.3, -0.25) is 14.1 Å². The Kier molecular flexibility index (Phi) is 6.59. The zero-order valence-electron chi connectivity index (χ0n) is 16.4. The zero-order chi connectivity index (χ0) is 21.7. The summed E-state index contributed by atoms with van der Waals surface area (Å²) in [6.45, 7) is 0.325. The van der Waals surface area contributed by atoms with Crippen LogP contribution in [0.5, 0.6) is 5.75 Å². The van der Waals surface area contributed by atoms with Gasteiger partial charge in [-0.05, 0) is 60.2 Å². The van der Waals surface area contributed by atoms with Gasteiger partial charge >= 0.3 is 0 Å². The Morgan fingerprint density at radius 3 is 2.37 bits per heavy atom. The lowest BCUT2D eigenvalue weighted by molar-refractivity contribution is 0.0951. The van der Waals surface area contributed by atoms with Gasteiger partial charge in [0.15, 0.2) is 0 Å². The van der Waals surface area contributed by atoms with Gasteiger partial charge in [0.25, 0.3) is 15.9 Å². The van der Waals surface area contributed by atoms with Gasteiger partial charge in [0.2, 0.25) is 0 Å². The maximum atomic E-state index is 12.9. The Morgan fingerprint density at radius 1 is 1.10 bits per heavy atom. The quantitative estimate of drug-likeness (QED) is 0.601. The standard InChI is InChI=1S/C21H20ClN3O4S/c1-25(30(27,28)18-6-4-17(29-2)5-7-18)16-3-8-19(20(22)13-16)21(26)24-14-15-9-11-23-12-10-15/h3-13H,14H2,1-2H3,(H,24,26). The highest BCUT2D eigenvalue weighted by atomic mass is 35.5. The molecule has 7 nitrogen and oxygen atoms in total. The fraction of sp³-hybridized carbons (Fsp3) is 0.143. The molecule has 30 heavy (non-hydrogen) atoms. The molecule has 0 spiro atoms. The van der Waals surface area contributed by atoms with Gasteiger partial charge in [-0.15, -0.1) is 0 Å². The Morgan fingerprint density at radius 2 is 1.77 bits per heavy atom. The number of nitrogens with one attached hydrogen (secondary N) is 1. The van der Waals surface area contributed by atoms with E-state index in [1.807, 2.05) is 0 Å². The zero-order valence-corrected chi connectivity index (χ0v) is 17.9. The SMILES string of the molecule is COc1ccc(S(=O)(=O)N(C)c2ccc(C(=O)NCc3ccncc3)c(Cl)c2)cc1. The number of ether oxygens (including phenoxy) is 1. The minimum atomic E-state index is -3.80. The summed E-state index contributed by atoms with van der Waals surface area (Å²) < 4.78 is 31.9. The van der Waals surface area contributed by atoms with Crippen molar-refractivity contribution >= 4 is 33.2 Å². The van der Waals surface area contributed by atoms with E-state index < -0.39 is 10.0 Å². The lowest BCUT2D eigenvalue weighted by Gasteiger charge is -2.20. The van der Waals surface area contributed by atoms with Crippen molar-refractivity contribution in [3.05, 3.63) is 83.1 Å². The van der Waals surface area contributed by atoms with Crippen LogP contribution in [-0.2, 0) is 16.6 Å². The first-order valence-corrected chi connectivity index (χ1v) is 10.7. The Bertz CT molecular complexity index is 1140. The van der Waals surface area contributed by atoms with Crippen molar-refractivity contribution in [3.63, 3.8) is 0 Å². The highest BCUT2D eigenvalue weighted by molar-refractivity contribution is 7.92. The largest absolute Gasteiger partial charge is 0.497 e. The van der Waals surface area contributed by atoms with Gasteiger partial charge in [-0.1, -0.05) is 11.6 Å². The molecule has 0 bridgehead atoms. The molecule has 3 aromatic rings. The molecule has 0 unspecified atom stereocenters. The van der Waals surface area contributed by atoms with Crippen molar-refractivity contribution in [2.75, 3.05) is 18.5 Å². The third-order valence-corrected chi connectivity index (χ3v) is 6.59. The van der Waals surface area contributed by atoms with Crippen molar-refractivity contribution in [1.82, 2.24) is 10.3 Å². The summed E-state index contributed by atoms with van der Waals surface area (Å²) >= 11 is 6.28. The lowest BCUT2D eigenvalue weighted by Crippen LogP contribution is -2.27. The molecule has 156 valence electrons. The van der Waals surface area contributed by atoms with E-state index in [2.05, 4.69) is 10.3 Å². The number of amides is 1. The number of aromatic nitrogens is 1. The van der Waals surface area contributed by atoms with Crippen LogP contribution in [0.4, 0.5) is 5.69 Å². The maximum absolute atomic E-state index is 12.9.